The lowest BCUT2D eigenvalue weighted by molar-refractivity contribution is -0.124. The van der Waals surface area contributed by atoms with Crippen LogP contribution in [-0.4, -0.2) is 19.0 Å². The van der Waals surface area contributed by atoms with Crippen LogP contribution in [0.15, 0.2) is 30.3 Å². The van der Waals surface area contributed by atoms with Gasteiger partial charge in [0.05, 0.1) is 5.54 Å². The van der Waals surface area contributed by atoms with Gasteiger partial charge in [-0.05, 0) is 57.2 Å². The van der Waals surface area contributed by atoms with Crippen molar-refractivity contribution in [1.29, 1.82) is 0 Å². The van der Waals surface area contributed by atoms with Crippen molar-refractivity contribution in [2.45, 2.75) is 45.6 Å². The van der Waals surface area contributed by atoms with Crippen LogP contribution in [0, 0.1) is 11.8 Å². The number of hydrogen-bond acceptors (Lipinski definition) is 2. The SMILES string of the molecule is CC(CC(=O)NC(C)(C)c1ccccc1)C1CCCNC1. The molecule has 0 aliphatic carbocycles. The minimum Gasteiger partial charge on any atom is -0.347 e. The average molecular weight is 288 g/mol. The Morgan fingerprint density at radius 3 is 2.71 bits per heavy atom. The van der Waals surface area contributed by atoms with E-state index >= 15 is 0 Å². The second kappa shape index (κ2) is 7.08. The first-order chi connectivity index (χ1) is 9.99. The van der Waals surface area contributed by atoms with Gasteiger partial charge in [-0.1, -0.05) is 37.3 Å². The van der Waals surface area contributed by atoms with Gasteiger partial charge in [0.25, 0.3) is 0 Å². The summed E-state index contributed by atoms with van der Waals surface area (Å²) in [5, 5.41) is 6.61. The van der Waals surface area contributed by atoms with Crippen LogP contribution in [0.2, 0.25) is 0 Å². The van der Waals surface area contributed by atoms with Crippen LogP contribution in [-0.2, 0) is 10.3 Å². The summed E-state index contributed by atoms with van der Waals surface area (Å²) in [6.07, 6.45) is 3.08. The molecule has 1 fully saturated rings. The number of hydrogen-bond donors (Lipinski definition) is 2. The smallest absolute Gasteiger partial charge is 0.220 e. The van der Waals surface area contributed by atoms with Crippen LogP contribution in [0.25, 0.3) is 0 Å². The molecule has 0 saturated carbocycles. The van der Waals surface area contributed by atoms with Crippen molar-refractivity contribution in [1.82, 2.24) is 10.6 Å². The van der Waals surface area contributed by atoms with Gasteiger partial charge in [-0.3, -0.25) is 4.79 Å². The molecule has 21 heavy (non-hydrogen) atoms. The van der Waals surface area contributed by atoms with E-state index in [1.54, 1.807) is 0 Å². The molecule has 3 nitrogen and oxygen atoms in total. The van der Waals surface area contributed by atoms with Crippen LogP contribution in [0.4, 0.5) is 0 Å². The number of piperidine rings is 1. The zero-order chi connectivity index (χ0) is 15.3. The maximum atomic E-state index is 12.4. The van der Waals surface area contributed by atoms with E-state index < -0.39 is 0 Å². The minimum absolute atomic E-state index is 0.155. The largest absolute Gasteiger partial charge is 0.347 e. The molecule has 1 heterocycles. The molecule has 1 saturated heterocycles. The third kappa shape index (κ3) is 4.57. The van der Waals surface area contributed by atoms with Crippen molar-refractivity contribution in [3.05, 3.63) is 35.9 Å². The molecule has 2 atom stereocenters. The Bertz CT molecular complexity index is 450. The first kappa shape index (κ1) is 16.0. The Balaban J connectivity index is 1.88. The summed E-state index contributed by atoms with van der Waals surface area (Å²) in [5.41, 5.74) is 0.827. The Kier molecular flexibility index (Phi) is 5.40. The lowest BCUT2D eigenvalue weighted by Gasteiger charge is -2.31. The van der Waals surface area contributed by atoms with Crippen molar-refractivity contribution in [3.63, 3.8) is 0 Å². The zero-order valence-corrected chi connectivity index (χ0v) is 13.5. The van der Waals surface area contributed by atoms with Gasteiger partial charge in [0.2, 0.25) is 5.91 Å². The van der Waals surface area contributed by atoms with Gasteiger partial charge in [-0.25, -0.2) is 0 Å². The Labute approximate surface area is 128 Å². The minimum atomic E-state index is -0.317. The number of benzene rings is 1. The molecule has 3 heteroatoms. The average Bonchev–Trinajstić information content (AvgIpc) is 2.48. The molecule has 1 aromatic rings. The molecule has 2 unspecified atom stereocenters. The van der Waals surface area contributed by atoms with E-state index in [9.17, 15) is 4.79 Å². The molecule has 1 aliphatic heterocycles. The van der Waals surface area contributed by atoms with Crippen LogP contribution < -0.4 is 10.6 Å². The third-order valence-electron chi connectivity index (χ3n) is 4.59. The number of nitrogens with one attached hydrogen (secondary N) is 2. The molecule has 0 aromatic heterocycles. The number of rotatable bonds is 5. The van der Waals surface area contributed by atoms with Crippen molar-refractivity contribution in [2.75, 3.05) is 13.1 Å². The Morgan fingerprint density at radius 1 is 1.38 bits per heavy atom. The number of carbonyl (C=O) groups is 1. The number of carbonyl (C=O) groups excluding carboxylic acids is 1. The summed E-state index contributed by atoms with van der Waals surface area (Å²) in [6.45, 7) is 8.50. The van der Waals surface area contributed by atoms with E-state index in [2.05, 4.69) is 43.5 Å². The molecule has 1 aliphatic rings. The molecule has 1 amide bonds. The molecule has 116 valence electrons. The zero-order valence-electron chi connectivity index (χ0n) is 13.5. The van der Waals surface area contributed by atoms with E-state index in [0.29, 0.717) is 18.3 Å². The summed E-state index contributed by atoms with van der Waals surface area (Å²) in [4.78, 5) is 12.4. The van der Waals surface area contributed by atoms with E-state index in [1.165, 1.54) is 12.8 Å². The quantitative estimate of drug-likeness (QED) is 0.874. The van der Waals surface area contributed by atoms with Crippen LogP contribution in [0.1, 0.15) is 45.6 Å². The van der Waals surface area contributed by atoms with Crippen molar-refractivity contribution < 1.29 is 4.79 Å². The molecular weight excluding hydrogens is 260 g/mol. The summed E-state index contributed by atoms with van der Waals surface area (Å²) in [7, 11) is 0. The highest BCUT2D eigenvalue weighted by Crippen LogP contribution is 2.24. The van der Waals surface area contributed by atoms with Gasteiger partial charge >= 0.3 is 0 Å². The molecule has 2 rings (SSSR count). The molecule has 0 spiro atoms. The maximum absolute atomic E-state index is 12.4. The topological polar surface area (TPSA) is 41.1 Å². The Hall–Kier alpha value is -1.35. The fourth-order valence-electron chi connectivity index (χ4n) is 3.15. The van der Waals surface area contributed by atoms with Crippen molar-refractivity contribution in [3.8, 4) is 0 Å². The molecular formula is C18H28N2O. The lowest BCUT2D eigenvalue weighted by atomic mass is 9.85. The normalized spacial score (nSPS) is 20.8. The first-order valence-corrected chi connectivity index (χ1v) is 8.06. The van der Waals surface area contributed by atoms with E-state index in [0.717, 1.165) is 18.7 Å². The highest BCUT2D eigenvalue weighted by Gasteiger charge is 2.26. The van der Waals surface area contributed by atoms with Crippen LogP contribution in [0.5, 0.6) is 0 Å². The van der Waals surface area contributed by atoms with Crippen LogP contribution in [0.3, 0.4) is 0 Å². The predicted octanol–water partition coefficient (Wildman–Crippen LogP) is 3.06. The highest BCUT2D eigenvalue weighted by molar-refractivity contribution is 5.77. The summed E-state index contributed by atoms with van der Waals surface area (Å²) in [5.74, 6) is 1.22. The predicted molar refractivity (Wildman–Crippen MR) is 87.0 cm³/mol. The molecule has 2 N–H and O–H groups in total. The lowest BCUT2D eigenvalue weighted by Crippen LogP contribution is -2.42. The first-order valence-electron chi connectivity index (χ1n) is 8.06. The fraction of sp³-hybridized carbons (Fsp3) is 0.611. The van der Waals surface area contributed by atoms with Gasteiger partial charge in [0, 0.05) is 6.42 Å². The summed E-state index contributed by atoms with van der Waals surface area (Å²) in [6, 6.07) is 10.2. The van der Waals surface area contributed by atoms with Gasteiger partial charge in [-0.2, -0.15) is 0 Å². The van der Waals surface area contributed by atoms with Gasteiger partial charge in [0.1, 0.15) is 0 Å². The summed E-state index contributed by atoms with van der Waals surface area (Å²) >= 11 is 0. The summed E-state index contributed by atoms with van der Waals surface area (Å²) < 4.78 is 0. The molecule has 1 aromatic carbocycles. The van der Waals surface area contributed by atoms with Crippen molar-refractivity contribution >= 4 is 5.91 Å². The van der Waals surface area contributed by atoms with E-state index in [-0.39, 0.29) is 11.4 Å². The highest BCUT2D eigenvalue weighted by atomic mass is 16.1. The monoisotopic (exact) mass is 288 g/mol. The molecule has 0 radical (unpaired) electrons. The second-order valence-corrected chi connectivity index (χ2v) is 6.83. The van der Waals surface area contributed by atoms with Gasteiger partial charge in [0.15, 0.2) is 0 Å². The van der Waals surface area contributed by atoms with E-state index in [4.69, 9.17) is 0 Å². The Morgan fingerprint density at radius 2 is 2.10 bits per heavy atom. The molecule has 0 bridgehead atoms. The number of amides is 1. The fourth-order valence-corrected chi connectivity index (χ4v) is 3.15. The second-order valence-electron chi connectivity index (χ2n) is 6.83. The standard InChI is InChI=1S/C18H28N2O/c1-14(15-8-7-11-19-13-15)12-17(21)20-18(2,3)16-9-5-4-6-10-16/h4-6,9-10,14-15,19H,7-8,11-13H2,1-3H3,(H,20,21). The maximum Gasteiger partial charge on any atom is 0.220 e. The van der Waals surface area contributed by atoms with Gasteiger partial charge in [-0.15, -0.1) is 0 Å². The van der Waals surface area contributed by atoms with Crippen molar-refractivity contribution in [2.24, 2.45) is 11.8 Å². The van der Waals surface area contributed by atoms with Gasteiger partial charge < -0.3 is 10.6 Å². The van der Waals surface area contributed by atoms with Crippen LogP contribution >= 0.6 is 0 Å². The third-order valence-corrected chi connectivity index (χ3v) is 4.59. The van der Waals surface area contributed by atoms with E-state index in [1.807, 2.05) is 18.2 Å².